The van der Waals surface area contributed by atoms with Crippen LogP contribution in [0.15, 0.2) is 18.2 Å². The number of nitrogens with one attached hydrogen (secondary N) is 1. The van der Waals surface area contributed by atoms with E-state index >= 15 is 0 Å². The van der Waals surface area contributed by atoms with Crippen LogP contribution in [0, 0.1) is 5.92 Å². The SMILES string of the molecule is CO[C@@H]1CN(C)C(=O)c2cc(NC(C)=O)ccc2OC[C@@H](C)N(C(=O)CN(C)C)C[C@H]1C. The van der Waals surface area contributed by atoms with Crippen molar-refractivity contribution >= 4 is 23.4 Å². The number of ether oxygens (including phenoxy) is 2. The van der Waals surface area contributed by atoms with Crippen LogP contribution < -0.4 is 10.1 Å². The zero-order valence-electron chi connectivity index (χ0n) is 20.2. The van der Waals surface area contributed by atoms with E-state index in [2.05, 4.69) is 5.32 Å². The van der Waals surface area contributed by atoms with Crippen LogP contribution in [-0.4, -0.2) is 99.1 Å². The van der Waals surface area contributed by atoms with E-state index in [1.54, 1.807) is 37.3 Å². The average Bonchev–Trinajstić information content (AvgIpc) is 2.71. The Bertz CT molecular complexity index is 829. The number of nitrogens with zero attached hydrogens (tertiary/aromatic N) is 3. The lowest BCUT2D eigenvalue weighted by atomic mass is 10.0. The third-order valence-corrected chi connectivity index (χ3v) is 5.54. The third kappa shape index (κ3) is 6.67. The Balaban J connectivity index is 2.44. The molecule has 2 rings (SSSR count). The van der Waals surface area contributed by atoms with Gasteiger partial charge in [-0.3, -0.25) is 14.4 Å². The fraction of sp³-hybridized carbons (Fsp3) is 0.609. The summed E-state index contributed by atoms with van der Waals surface area (Å²) < 4.78 is 11.7. The molecule has 32 heavy (non-hydrogen) atoms. The van der Waals surface area contributed by atoms with E-state index in [1.807, 2.05) is 37.7 Å². The van der Waals surface area contributed by atoms with Gasteiger partial charge in [0.2, 0.25) is 11.8 Å². The van der Waals surface area contributed by atoms with Gasteiger partial charge in [-0.05, 0) is 39.2 Å². The van der Waals surface area contributed by atoms with E-state index in [4.69, 9.17) is 9.47 Å². The van der Waals surface area contributed by atoms with Gasteiger partial charge in [0.1, 0.15) is 12.4 Å². The molecule has 0 aromatic heterocycles. The van der Waals surface area contributed by atoms with Gasteiger partial charge in [0.25, 0.3) is 5.91 Å². The van der Waals surface area contributed by atoms with Crippen LogP contribution in [0.25, 0.3) is 0 Å². The molecule has 0 spiro atoms. The molecule has 0 radical (unpaired) electrons. The maximum atomic E-state index is 13.2. The predicted molar refractivity (Wildman–Crippen MR) is 123 cm³/mol. The predicted octanol–water partition coefficient (Wildman–Crippen LogP) is 1.54. The topological polar surface area (TPSA) is 91.4 Å². The molecule has 0 aliphatic carbocycles. The molecule has 3 amide bonds. The van der Waals surface area contributed by atoms with Gasteiger partial charge in [-0.2, -0.15) is 0 Å². The van der Waals surface area contributed by atoms with Crippen molar-refractivity contribution in [2.45, 2.75) is 32.9 Å². The second-order valence-corrected chi connectivity index (χ2v) is 8.77. The first-order valence-corrected chi connectivity index (χ1v) is 10.8. The third-order valence-electron chi connectivity index (χ3n) is 5.54. The van der Waals surface area contributed by atoms with E-state index in [1.165, 1.54) is 6.92 Å². The molecule has 0 saturated heterocycles. The highest BCUT2D eigenvalue weighted by Crippen LogP contribution is 2.26. The lowest BCUT2D eigenvalue weighted by Crippen LogP contribution is -2.50. The normalized spacial score (nSPS) is 22.5. The van der Waals surface area contributed by atoms with Gasteiger partial charge in [-0.25, -0.2) is 0 Å². The summed E-state index contributed by atoms with van der Waals surface area (Å²) in [5.41, 5.74) is 0.862. The number of benzene rings is 1. The summed E-state index contributed by atoms with van der Waals surface area (Å²) >= 11 is 0. The largest absolute Gasteiger partial charge is 0.491 e. The second kappa shape index (κ2) is 11.3. The number of anilines is 1. The number of hydrogen-bond donors (Lipinski definition) is 1. The van der Waals surface area contributed by atoms with E-state index in [9.17, 15) is 14.4 Å². The molecule has 0 bridgehead atoms. The quantitative estimate of drug-likeness (QED) is 0.751. The van der Waals surface area contributed by atoms with Gasteiger partial charge in [-0.1, -0.05) is 6.92 Å². The van der Waals surface area contributed by atoms with Crippen molar-refractivity contribution in [3.8, 4) is 5.75 Å². The minimum absolute atomic E-state index is 0.00609. The summed E-state index contributed by atoms with van der Waals surface area (Å²) in [5.74, 6) is -0.0404. The van der Waals surface area contributed by atoms with Crippen molar-refractivity contribution in [3.63, 3.8) is 0 Å². The van der Waals surface area contributed by atoms with Crippen molar-refractivity contribution in [2.75, 3.05) is 59.8 Å². The van der Waals surface area contributed by atoms with Crippen LogP contribution in [0.3, 0.4) is 0 Å². The van der Waals surface area contributed by atoms with Crippen molar-refractivity contribution < 1.29 is 23.9 Å². The number of hydrogen-bond acceptors (Lipinski definition) is 6. The molecule has 1 aliphatic heterocycles. The van der Waals surface area contributed by atoms with Gasteiger partial charge in [0.15, 0.2) is 0 Å². The number of carbonyl (C=O) groups excluding carboxylic acids is 3. The van der Waals surface area contributed by atoms with Gasteiger partial charge >= 0.3 is 0 Å². The number of fused-ring (bicyclic) bond motifs is 1. The molecule has 9 heteroatoms. The molecule has 1 aliphatic rings. The number of rotatable bonds is 4. The van der Waals surface area contributed by atoms with Gasteiger partial charge in [-0.15, -0.1) is 0 Å². The van der Waals surface area contributed by atoms with Crippen molar-refractivity contribution in [2.24, 2.45) is 5.92 Å². The zero-order valence-corrected chi connectivity index (χ0v) is 20.2. The van der Waals surface area contributed by atoms with Gasteiger partial charge in [0.05, 0.1) is 24.3 Å². The first kappa shape index (κ1) is 25.6. The van der Waals surface area contributed by atoms with Crippen LogP contribution in [0.4, 0.5) is 5.69 Å². The van der Waals surface area contributed by atoms with Crippen LogP contribution in [0.1, 0.15) is 31.1 Å². The van der Waals surface area contributed by atoms with E-state index in [-0.39, 0.29) is 42.4 Å². The minimum atomic E-state index is -0.256. The lowest BCUT2D eigenvalue weighted by Gasteiger charge is -2.36. The van der Waals surface area contributed by atoms with Crippen LogP contribution >= 0.6 is 0 Å². The molecular weight excluding hydrogens is 412 g/mol. The van der Waals surface area contributed by atoms with Crippen LogP contribution in [-0.2, 0) is 14.3 Å². The monoisotopic (exact) mass is 448 g/mol. The molecule has 178 valence electrons. The zero-order chi connectivity index (χ0) is 24.0. The number of amides is 3. The molecule has 0 unspecified atom stereocenters. The molecule has 1 N–H and O–H groups in total. The summed E-state index contributed by atoms with van der Waals surface area (Å²) in [7, 11) is 7.05. The molecular formula is C23H36N4O5. The average molecular weight is 449 g/mol. The maximum Gasteiger partial charge on any atom is 0.257 e. The number of carbonyl (C=O) groups is 3. The van der Waals surface area contributed by atoms with Gasteiger partial charge in [0, 0.05) is 45.8 Å². The van der Waals surface area contributed by atoms with Crippen LogP contribution in [0.5, 0.6) is 5.75 Å². The molecule has 1 aromatic carbocycles. The Morgan fingerprint density at radius 2 is 1.94 bits per heavy atom. The van der Waals surface area contributed by atoms with Gasteiger partial charge < -0.3 is 29.5 Å². The minimum Gasteiger partial charge on any atom is -0.491 e. The first-order valence-electron chi connectivity index (χ1n) is 10.8. The fourth-order valence-electron chi connectivity index (χ4n) is 3.77. The highest BCUT2D eigenvalue weighted by atomic mass is 16.5. The Morgan fingerprint density at radius 3 is 2.53 bits per heavy atom. The molecule has 3 atom stereocenters. The summed E-state index contributed by atoms with van der Waals surface area (Å²) in [6.07, 6.45) is -0.256. The molecule has 1 aromatic rings. The van der Waals surface area contributed by atoms with Crippen molar-refractivity contribution in [1.29, 1.82) is 0 Å². The van der Waals surface area contributed by atoms with Crippen LogP contribution in [0.2, 0.25) is 0 Å². The summed E-state index contributed by atoms with van der Waals surface area (Å²) in [4.78, 5) is 42.9. The summed E-state index contributed by atoms with van der Waals surface area (Å²) in [6, 6.07) is 4.77. The highest BCUT2D eigenvalue weighted by Gasteiger charge is 2.30. The second-order valence-electron chi connectivity index (χ2n) is 8.77. The Labute approximate surface area is 190 Å². The Hall–Kier alpha value is -2.65. The molecule has 1 heterocycles. The van der Waals surface area contributed by atoms with Crippen molar-refractivity contribution in [1.82, 2.24) is 14.7 Å². The summed E-state index contributed by atoms with van der Waals surface area (Å²) in [5, 5.41) is 2.71. The summed E-state index contributed by atoms with van der Waals surface area (Å²) in [6.45, 7) is 6.74. The number of likely N-dealkylation sites (N-methyl/N-ethyl adjacent to an activating group) is 2. The molecule has 0 fully saturated rings. The maximum absolute atomic E-state index is 13.2. The number of methoxy groups -OCH3 is 1. The Kier molecular flexibility index (Phi) is 9.03. The lowest BCUT2D eigenvalue weighted by molar-refractivity contribution is -0.136. The fourth-order valence-corrected chi connectivity index (χ4v) is 3.77. The first-order chi connectivity index (χ1) is 15.0. The smallest absolute Gasteiger partial charge is 0.257 e. The molecule has 9 nitrogen and oxygen atoms in total. The van der Waals surface area contributed by atoms with E-state index in [0.29, 0.717) is 36.6 Å². The van der Waals surface area contributed by atoms with E-state index in [0.717, 1.165) is 0 Å². The van der Waals surface area contributed by atoms with Crippen molar-refractivity contribution in [3.05, 3.63) is 23.8 Å². The highest BCUT2D eigenvalue weighted by molar-refractivity contribution is 5.99. The Morgan fingerprint density at radius 1 is 1.25 bits per heavy atom. The standard InChI is InChI=1S/C23H36N4O5/c1-15-11-27(22(29)13-25(4)5)16(2)14-32-20-9-8-18(24-17(3)28)10-19(20)23(30)26(6)12-21(15)31-7/h8-10,15-16,21H,11-14H2,1-7H3,(H,24,28)/t15-,16-,21-/m1/s1. The molecule has 0 saturated carbocycles. The van der Waals surface area contributed by atoms with E-state index < -0.39 is 0 Å².